The van der Waals surface area contributed by atoms with Crippen molar-refractivity contribution in [1.82, 2.24) is 9.38 Å². The second-order valence-corrected chi connectivity index (χ2v) is 4.45. The van der Waals surface area contributed by atoms with Gasteiger partial charge in [-0.1, -0.05) is 6.07 Å². The van der Waals surface area contributed by atoms with E-state index >= 15 is 0 Å². The predicted octanol–water partition coefficient (Wildman–Crippen LogP) is -0.0102. The molecule has 1 fully saturated rings. The van der Waals surface area contributed by atoms with Crippen molar-refractivity contribution in [2.24, 2.45) is 5.73 Å². The third kappa shape index (κ3) is 2.09. The molecule has 0 radical (unpaired) electrons. The van der Waals surface area contributed by atoms with E-state index in [1.54, 1.807) is 6.20 Å². The topological polar surface area (TPSA) is 72.9 Å². The van der Waals surface area contributed by atoms with Crippen molar-refractivity contribution in [1.29, 1.82) is 0 Å². The lowest BCUT2D eigenvalue weighted by Crippen LogP contribution is -2.39. The molecule has 1 aliphatic heterocycles. The third-order valence-corrected chi connectivity index (χ3v) is 3.32. The molecule has 0 aromatic carbocycles. The van der Waals surface area contributed by atoms with Crippen molar-refractivity contribution < 1.29 is 4.74 Å². The van der Waals surface area contributed by atoms with Crippen LogP contribution < -0.4 is 16.2 Å². The van der Waals surface area contributed by atoms with Crippen molar-refractivity contribution >= 4 is 11.5 Å². The second kappa shape index (κ2) is 4.99. The van der Waals surface area contributed by atoms with Crippen LogP contribution in [0.3, 0.4) is 0 Å². The maximum absolute atomic E-state index is 12.4. The van der Waals surface area contributed by atoms with Gasteiger partial charge >= 0.3 is 0 Å². The molecule has 0 aliphatic carbocycles. The number of anilines is 1. The zero-order valence-corrected chi connectivity index (χ0v) is 10.6. The summed E-state index contributed by atoms with van der Waals surface area (Å²) in [6.45, 7) is 2.97. The Labute approximate surface area is 110 Å². The highest BCUT2D eigenvalue weighted by Gasteiger charge is 2.19. The first-order chi connectivity index (χ1) is 9.31. The minimum absolute atomic E-state index is 0.0883. The fourth-order valence-corrected chi connectivity index (χ4v) is 2.33. The second-order valence-electron chi connectivity index (χ2n) is 4.45. The Bertz CT molecular complexity index is 647. The van der Waals surface area contributed by atoms with E-state index in [-0.39, 0.29) is 12.1 Å². The molecule has 0 bridgehead atoms. The van der Waals surface area contributed by atoms with Crippen LogP contribution in [0.2, 0.25) is 0 Å². The molecule has 3 heterocycles. The largest absolute Gasteiger partial charge is 0.378 e. The number of aromatic nitrogens is 2. The molecular weight excluding hydrogens is 244 g/mol. The highest BCUT2D eigenvalue weighted by Crippen LogP contribution is 2.17. The van der Waals surface area contributed by atoms with Crippen LogP contribution in [0.5, 0.6) is 0 Å². The molecule has 2 aromatic heterocycles. The van der Waals surface area contributed by atoms with Crippen LogP contribution in [-0.2, 0) is 11.3 Å². The van der Waals surface area contributed by atoms with Crippen molar-refractivity contribution in [2.75, 3.05) is 31.2 Å². The normalized spacial score (nSPS) is 15.9. The number of morpholine rings is 1. The Morgan fingerprint density at radius 1 is 1.32 bits per heavy atom. The molecule has 0 saturated carbocycles. The Hall–Kier alpha value is -1.92. The van der Waals surface area contributed by atoms with Crippen molar-refractivity contribution in [3.8, 4) is 0 Å². The van der Waals surface area contributed by atoms with Gasteiger partial charge in [0, 0.05) is 25.8 Å². The van der Waals surface area contributed by atoms with Crippen LogP contribution >= 0.6 is 0 Å². The van der Waals surface area contributed by atoms with Gasteiger partial charge in [-0.3, -0.25) is 9.20 Å². The average Bonchev–Trinajstić information content (AvgIpc) is 2.48. The minimum Gasteiger partial charge on any atom is -0.378 e. The Kier molecular flexibility index (Phi) is 3.18. The van der Waals surface area contributed by atoms with E-state index in [1.807, 2.05) is 18.2 Å². The first-order valence-electron chi connectivity index (χ1n) is 6.34. The van der Waals surface area contributed by atoms with E-state index in [0.29, 0.717) is 30.2 Å². The first kappa shape index (κ1) is 12.1. The molecule has 1 aliphatic rings. The van der Waals surface area contributed by atoms with Gasteiger partial charge in [-0.15, -0.1) is 0 Å². The molecule has 0 atom stereocenters. The van der Waals surface area contributed by atoms with Gasteiger partial charge < -0.3 is 15.4 Å². The predicted molar refractivity (Wildman–Crippen MR) is 72.4 cm³/mol. The third-order valence-electron chi connectivity index (χ3n) is 3.32. The van der Waals surface area contributed by atoms with Gasteiger partial charge in [0.15, 0.2) is 0 Å². The Morgan fingerprint density at radius 2 is 2.11 bits per heavy atom. The first-order valence-corrected chi connectivity index (χ1v) is 6.34. The lowest BCUT2D eigenvalue weighted by Gasteiger charge is -2.29. The van der Waals surface area contributed by atoms with Crippen molar-refractivity contribution in [2.45, 2.75) is 6.54 Å². The van der Waals surface area contributed by atoms with Crippen LogP contribution in [0, 0.1) is 0 Å². The van der Waals surface area contributed by atoms with Gasteiger partial charge in [0.05, 0.1) is 18.8 Å². The number of nitrogens with two attached hydrogens (primary N) is 1. The quantitative estimate of drug-likeness (QED) is 0.822. The monoisotopic (exact) mass is 260 g/mol. The molecule has 6 heteroatoms. The van der Waals surface area contributed by atoms with Gasteiger partial charge in [0.2, 0.25) is 0 Å². The maximum atomic E-state index is 12.4. The number of nitrogens with zero attached hydrogens (tertiary/aromatic N) is 3. The van der Waals surface area contributed by atoms with Crippen LogP contribution in [0.4, 0.5) is 5.82 Å². The number of rotatable bonds is 2. The number of fused-ring (bicyclic) bond motifs is 1. The van der Waals surface area contributed by atoms with E-state index in [4.69, 9.17) is 10.5 Å². The van der Waals surface area contributed by atoms with E-state index in [2.05, 4.69) is 9.88 Å². The van der Waals surface area contributed by atoms with E-state index < -0.39 is 0 Å². The smallest absolute Gasteiger partial charge is 0.264 e. The summed E-state index contributed by atoms with van der Waals surface area (Å²) in [6, 6.07) is 5.50. The fraction of sp³-hybridized carbons (Fsp3) is 0.385. The zero-order valence-electron chi connectivity index (χ0n) is 10.6. The molecule has 2 aromatic rings. The molecule has 0 amide bonds. The maximum Gasteiger partial charge on any atom is 0.264 e. The summed E-state index contributed by atoms with van der Waals surface area (Å²) in [4.78, 5) is 19.1. The summed E-state index contributed by atoms with van der Waals surface area (Å²) in [5.74, 6) is 0.696. The summed E-state index contributed by atoms with van der Waals surface area (Å²) < 4.78 is 6.86. The number of hydrogen-bond acceptors (Lipinski definition) is 5. The molecular formula is C13H16N4O2. The average molecular weight is 260 g/mol. The number of ether oxygens (including phenoxy) is 1. The van der Waals surface area contributed by atoms with Gasteiger partial charge in [0.1, 0.15) is 11.5 Å². The highest BCUT2D eigenvalue weighted by atomic mass is 16.5. The summed E-state index contributed by atoms with van der Waals surface area (Å²) in [6.07, 6.45) is 1.72. The Morgan fingerprint density at radius 3 is 2.84 bits per heavy atom. The van der Waals surface area contributed by atoms with Gasteiger partial charge in [0.25, 0.3) is 5.56 Å². The Balaban J connectivity index is 2.19. The molecule has 3 rings (SSSR count). The summed E-state index contributed by atoms with van der Waals surface area (Å²) in [5.41, 5.74) is 6.85. The minimum atomic E-state index is -0.0883. The lowest BCUT2D eigenvalue weighted by atomic mass is 10.2. The lowest BCUT2D eigenvalue weighted by molar-refractivity contribution is 0.122. The van der Waals surface area contributed by atoms with Gasteiger partial charge in [-0.2, -0.15) is 0 Å². The zero-order chi connectivity index (χ0) is 13.2. The van der Waals surface area contributed by atoms with E-state index in [9.17, 15) is 4.79 Å². The molecule has 1 saturated heterocycles. The van der Waals surface area contributed by atoms with Crippen LogP contribution in [0.15, 0.2) is 29.2 Å². The van der Waals surface area contributed by atoms with Crippen LogP contribution in [0.25, 0.3) is 5.65 Å². The molecule has 0 unspecified atom stereocenters. The standard InChI is InChI=1S/C13H16N4O2/c14-9-10-12(16-5-7-19-8-6-16)15-11-3-1-2-4-17(11)13(10)18/h1-4H,5-9,14H2. The number of hydrogen-bond donors (Lipinski definition) is 1. The SMILES string of the molecule is NCc1c(N2CCOCC2)nc2ccccn2c1=O. The molecule has 0 spiro atoms. The molecule has 100 valence electrons. The van der Waals surface area contributed by atoms with Gasteiger partial charge in [-0.25, -0.2) is 4.98 Å². The highest BCUT2D eigenvalue weighted by molar-refractivity contribution is 5.53. The molecule has 19 heavy (non-hydrogen) atoms. The fourth-order valence-electron chi connectivity index (χ4n) is 2.33. The van der Waals surface area contributed by atoms with E-state index in [1.165, 1.54) is 4.40 Å². The van der Waals surface area contributed by atoms with Crippen molar-refractivity contribution in [3.05, 3.63) is 40.3 Å². The summed E-state index contributed by atoms with van der Waals surface area (Å²) in [7, 11) is 0. The molecule has 2 N–H and O–H groups in total. The summed E-state index contributed by atoms with van der Waals surface area (Å²) >= 11 is 0. The summed E-state index contributed by atoms with van der Waals surface area (Å²) in [5, 5.41) is 0. The van der Waals surface area contributed by atoms with Crippen LogP contribution in [0.1, 0.15) is 5.56 Å². The number of pyridine rings is 1. The van der Waals surface area contributed by atoms with Gasteiger partial charge in [-0.05, 0) is 12.1 Å². The van der Waals surface area contributed by atoms with Crippen molar-refractivity contribution in [3.63, 3.8) is 0 Å². The van der Waals surface area contributed by atoms with E-state index in [0.717, 1.165) is 13.1 Å². The van der Waals surface area contributed by atoms with Crippen LogP contribution in [-0.4, -0.2) is 35.7 Å². The molecule has 6 nitrogen and oxygen atoms in total.